The van der Waals surface area contributed by atoms with E-state index in [4.69, 9.17) is 20.8 Å². The summed E-state index contributed by atoms with van der Waals surface area (Å²) in [5.41, 5.74) is -0.826. The van der Waals surface area contributed by atoms with Gasteiger partial charge in [0.2, 0.25) is 11.2 Å². The Labute approximate surface area is 184 Å². The van der Waals surface area contributed by atoms with Gasteiger partial charge in [-0.1, -0.05) is 47.5 Å². The molecule has 0 radical (unpaired) electrons. The van der Waals surface area contributed by atoms with E-state index in [2.05, 4.69) is 0 Å². The van der Waals surface area contributed by atoms with Crippen LogP contribution in [0.5, 0.6) is 5.75 Å². The van der Waals surface area contributed by atoms with Crippen molar-refractivity contribution in [3.63, 3.8) is 0 Å². The Kier molecular flexibility index (Phi) is 5.52. The molecule has 0 saturated heterocycles. The molecule has 0 fully saturated rings. The lowest BCUT2D eigenvalue weighted by Crippen LogP contribution is -2.16. The van der Waals surface area contributed by atoms with Crippen molar-refractivity contribution in [3.8, 4) is 16.9 Å². The summed E-state index contributed by atoms with van der Waals surface area (Å²) >= 11 is 6.05. The van der Waals surface area contributed by atoms with Crippen LogP contribution in [0.3, 0.4) is 0 Å². The standard InChI is InChI=1S/C24H14ClF3O4/c1-13-6-8-14(9-7-13)23(30)31-15-10-11-17-19(12-15)32-22(24(26,27)28)20(21(17)29)16-4-2-3-5-18(16)25/h2-12H,1H3. The quantitative estimate of drug-likeness (QED) is 0.254. The van der Waals surface area contributed by atoms with E-state index in [-0.39, 0.29) is 32.9 Å². The van der Waals surface area contributed by atoms with Crippen LogP contribution in [-0.4, -0.2) is 5.97 Å². The van der Waals surface area contributed by atoms with Gasteiger partial charge < -0.3 is 9.15 Å². The predicted octanol–water partition coefficient (Wildman–Crippen LogP) is 6.66. The van der Waals surface area contributed by atoms with Gasteiger partial charge in [0.1, 0.15) is 11.3 Å². The van der Waals surface area contributed by atoms with Gasteiger partial charge in [-0.3, -0.25) is 4.79 Å². The van der Waals surface area contributed by atoms with Crippen molar-refractivity contribution in [2.24, 2.45) is 0 Å². The molecule has 32 heavy (non-hydrogen) atoms. The molecule has 0 amide bonds. The number of aryl methyl sites for hydroxylation is 1. The first-order chi connectivity index (χ1) is 15.1. The van der Waals surface area contributed by atoms with Crippen molar-refractivity contribution in [1.29, 1.82) is 0 Å². The number of benzene rings is 3. The minimum absolute atomic E-state index is 0.0201. The minimum atomic E-state index is -4.96. The van der Waals surface area contributed by atoms with Gasteiger partial charge in [-0.15, -0.1) is 0 Å². The normalized spacial score (nSPS) is 11.5. The number of esters is 1. The number of hydrogen-bond donors (Lipinski definition) is 0. The van der Waals surface area contributed by atoms with Gasteiger partial charge in [-0.25, -0.2) is 4.79 Å². The second-order valence-electron chi connectivity index (χ2n) is 7.03. The zero-order chi connectivity index (χ0) is 23.0. The molecular formula is C24H14ClF3O4. The molecule has 0 spiro atoms. The first-order valence-electron chi connectivity index (χ1n) is 9.37. The van der Waals surface area contributed by atoms with E-state index in [9.17, 15) is 22.8 Å². The van der Waals surface area contributed by atoms with Crippen LogP contribution in [0.15, 0.2) is 75.9 Å². The summed E-state index contributed by atoms with van der Waals surface area (Å²) in [5.74, 6) is -2.25. The fraction of sp³-hybridized carbons (Fsp3) is 0.0833. The van der Waals surface area contributed by atoms with Gasteiger partial charge in [0.15, 0.2) is 0 Å². The summed E-state index contributed by atoms with van der Waals surface area (Å²) in [4.78, 5) is 25.3. The van der Waals surface area contributed by atoms with Crippen molar-refractivity contribution in [3.05, 3.63) is 98.9 Å². The molecule has 1 aromatic heterocycles. The van der Waals surface area contributed by atoms with Crippen LogP contribution in [-0.2, 0) is 6.18 Å². The summed E-state index contributed by atoms with van der Waals surface area (Å²) in [5, 5.41) is -0.128. The first-order valence-corrected chi connectivity index (χ1v) is 9.75. The summed E-state index contributed by atoms with van der Waals surface area (Å²) in [7, 11) is 0. The molecule has 0 N–H and O–H groups in total. The zero-order valence-electron chi connectivity index (χ0n) is 16.5. The van der Waals surface area contributed by atoms with E-state index in [1.165, 1.54) is 36.4 Å². The van der Waals surface area contributed by atoms with Gasteiger partial charge in [0.25, 0.3) is 0 Å². The highest BCUT2D eigenvalue weighted by molar-refractivity contribution is 6.33. The third-order valence-corrected chi connectivity index (χ3v) is 5.09. The zero-order valence-corrected chi connectivity index (χ0v) is 17.3. The van der Waals surface area contributed by atoms with Gasteiger partial charge in [-0.05, 0) is 37.3 Å². The minimum Gasteiger partial charge on any atom is -0.450 e. The Morgan fingerprint density at radius 1 is 1.00 bits per heavy atom. The van der Waals surface area contributed by atoms with E-state index < -0.39 is 28.9 Å². The fourth-order valence-corrected chi connectivity index (χ4v) is 3.43. The Hall–Kier alpha value is -3.58. The molecule has 4 rings (SSSR count). The summed E-state index contributed by atoms with van der Waals surface area (Å²) in [6.07, 6.45) is -4.96. The van der Waals surface area contributed by atoms with Gasteiger partial charge in [0, 0.05) is 16.7 Å². The van der Waals surface area contributed by atoms with Crippen molar-refractivity contribution in [2.75, 3.05) is 0 Å². The molecule has 0 aliphatic carbocycles. The highest BCUT2D eigenvalue weighted by Gasteiger charge is 2.39. The summed E-state index contributed by atoms with van der Waals surface area (Å²) < 4.78 is 51.7. The van der Waals surface area contributed by atoms with Crippen LogP contribution in [0.1, 0.15) is 21.7 Å². The number of alkyl halides is 3. The Morgan fingerprint density at radius 3 is 2.34 bits per heavy atom. The molecule has 4 nitrogen and oxygen atoms in total. The van der Waals surface area contributed by atoms with Crippen molar-refractivity contribution < 1.29 is 27.1 Å². The molecule has 3 aromatic carbocycles. The average Bonchev–Trinajstić information content (AvgIpc) is 2.74. The third kappa shape index (κ3) is 4.11. The average molecular weight is 459 g/mol. The van der Waals surface area contributed by atoms with Crippen molar-refractivity contribution in [2.45, 2.75) is 13.1 Å². The fourth-order valence-electron chi connectivity index (χ4n) is 3.20. The molecule has 0 aliphatic heterocycles. The summed E-state index contributed by atoms with van der Waals surface area (Å²) in [6, 6.07) is 15.9. The van der Waals surface area contributed by atoms with E-state index in [0.717, 1.165) is 11.6 Å². The van der Waals surface area contributed by atoms with Crippen molar-refractivity contribution in [1.82, 2.24) is 0 Å². The van der Waals surface area contributed by atoms with Gasteiger partial charge in [0.05, 0.1) is 16.5 Å². The van der Waals surface area contributed by atoms with Crippen LogP contribution >= 0.6 is 11.6 Å². The maximum Gasteiger partial charge on any atom is 0.450 e. The lowest BCUT2D eigenvalue weighted by molar-refractivity contribution is -0.152. The van der Waals surface area contributed by atoms with Crippen molar-refractivity contribution >= 4 is 28.5 Å². The number of rotatable bonds is 3. The number of ether oxygens (including phenoxy) is 1. The Balaban J connectivity index is 1.83. The summed E-state index contributed by atoms with van der Waals surface area (Å²) in [6.45, 7) is 1.86. The van der Waals surface area contributed by atoms with Gasteiger partial charge in [-0.2, -0.15) is 13.2 Å². The largest absolute Gasteiger partial charge is 0.450 e. The number of halogens is 4. The second kappa shape index (κ2) is 8.16. The maximum absolute atomic E-state index is 13.8. The smallest absolute Gasteiger partial charge is 0.450 e. The lowest BCUT2D eigenvalue weighted by Gasteiger charge is -2.14. The molecule has 0 unspecified atom stereocenters. The molecule has 4 aromatic rings. The van der Waals surface area contributed by atoms with Crippen LogP contribution in [0.2, 0.25) is 5.02 Å². The molecule has 162 valence electrons. The van der Waals surface area contributed by atoms with Crippen LogP contribution in [0, 0.1) is 6.92 Å². The van der Waals surface area contributed by atoms with E-state index in [0.29, 0.717) is 0 Å². The molecule has 1 heterocycles. The SMILES string of the molecule is Cc1ccc(C(=O)Oc2ccc3c(=O)c(-c4ccccc4Cl)c(C(F)(F)F)oc3c2)cc1. The molecule has 0 saturated carbocycles. The molecular weight excluding hydrogens is 445 g/mol. The lowest BCUT2D eigenvalue weighted by atomic mass is 10.0. The number of carbonyl (C=O) groups excluding carboxylic acids is 1. The molecule has 0 atom stereocenters. The number of hydrogen-bond acceptors (Lipinski definition) is 4. The third-order valence-electron chi connectivity index (χ3n) is 4.76. The van der Waals surface area contributed by atoms with Crippen LogP contribution in [0.25, 0.3) is 22.1 Å². The van der Waals surface area contributed by atoms with Crippen LogP contribution < -0.4 is 10.2 Å². The van der Waals surface area contributed by atoms with E-state index >= 15 is 0 Å². The highest BCUT2D eigenvalue weighted by atomic mass is 35.5. The topological polar surface area (TPSA) is 56.5 Å². The maximum atomic E-state index is 13.8. The molecule has 0 bridgehead atoms. The van der Waals surface area contributed by atoms with E-state index in [1.54, 1.807) is 24.3 Å². The van der Waals surface area contributed by atoms with Crippen LogP contribution in [0.4, 0.5) is 13.2 Å². The number of carbonyl (C=O) groups is 1. The highest BCUT2D eigenvalue weighted by Crippen LogP contribution is 2.39. The van der Waals surface area contributed by atoms with Gasteiger partial charge >= 0.3 is 12.1 Å². The van der Waals surface area contributed by atoms with E-state index in [1.807, 2.05) is 6.92 Å². The Morgan fingerprint density at radius 2 is 1.69 bits per heavy atom. The molecule has 8 heteroatoms. The first kappa shape index (κ1) is 21.6. The Bertz CT molecular complexity index is 1390. The molecule has 0 aliphatic rings. The second-order valence-corrected chi connectivity index (χ2v) is 7.43. The predicted molar refractivity (Wildman–Crippen MR) is 114 cm³/mol. The number of fused-ring (bicyclic) bond motifs is 1. The monoisotopic (exact) mass is 458 g/mol.